The zero-order valence-corrected chi connectivity index (χ0v) is 15.3. The fourth-order valence-electron chi connectivity index (χ4n) is 3.69. The summed E-state index contributed by atoms with van der Waals surface area (Å²) in [6, 6.07) is 6.98. The van der Waals surface area contributed by atoms with E-state index < -0.39 is 42.8 Å². The molecule has 2 atom stereocenters. The number of likely N-dealkylation sites (tertiary alicyclic amines) is 2. The molecule has 0 bridgehead atoms. The largest absolute Gasteiger partial charge is 0.497 e. The van der Waals surface area contributed by atoms with E-state index in [0.29, 0.717) is 11.3 Å². The van der Waals surface area contributed by atoms with E-state index in [0.717, 1.165) is 4.90 Å². The number of rotatable bonds is 4. The van der Waals surface area contributed by atoms with Crippen LogP contribution in [0, 0.1) is 0 Å². The van der Waals surface area contributed by atoms with Crippen LogP contribution in [0.25, 0.3) is 0 Å². The number of aromatic nitrogens is 1. The van der Waals surface area contributed by atoms with Crippen molar-refractivity contribution < 1.29 is 23.1 Å². The van der Waals surface area contributed by atoms with Crippen LogP contribution in [0.1, 0.15) is 16.1 Å². The monoisotopic (exact) mass is 393 g/mol. The summed E-state index contributed by atoms with van der Waals surface area (Å²) in [7, 11) is 1.52. The van der Waals surface area contributed by atoms with Crippen LogP contribution in [0.4, 0.5) is 8.78 Å². The minimum atomic E-state index is -2.74. The molecule has 3 heterocycles. The highest BCUT2D eigenvalue weighted by molar-refractivity contribution is 7.07. The van der Waals surface area contributed by atoms with Crippen molar-refractivity contribution in [3.05, 3.63) is 46.4 Å². The average molecular weight is 393 g/mol. The summed E-state index contributed by atoms with van der Waals surface area (Å²) < 4.78 is 36.0. The Morgan fingerprint density at radius 2 is 2.15 bits per heavy atom. The molecule has 0 unspecified atom stereocenters. The van der Waals surface area contributed by atoms with Gasteiger partial charge in [-0.2, -0.15) is 0 Å². The highest BCUT2D eigenvalue weighted by atomic mass is 32.1. The molecule has 0 radical (unpaired) electrons. The van der Waals surface area contributed by atoms with E-state index in [2.05, 4.69) is 4.98 Å². The Morgan fingerprint density at radius 1 is 1.33 bits per heavy atom. The van der Waals surface area contributed by atoms with E-state index in [1.54, 1.807) is 24.3 Å². The molecular formula is C18H17F2N3O3S. The number of carbonyl (C=O) groups excluding carboxylic acids is 2. The zero-order valence-electron chi connectivity index (χ0n) is 14.5. The Kier molecular flexibility index (Phi) is 4.14. The molecule has 27 heavy (non-hydrogen) atoms. The fraction of sp³-hybridized carbons (Fsp3) is 0.389. The van der Waals surface area contributed by atoms with E-state index in [4.69, 9.17) is 4.74 Å². The van der Waals surface area contributed by atoms with Crippen LogP contribution in [-0.2, 0) is 11.3 Å². The molecule has 2 aliphatic heterocycles. The summed E-state index contributed by atoms with van der Waals surface area (Å²) in [5, 5.41) is 1.52. The number of amides is 2. The van der Waals surface area contributed by atoms with Gasteiger partial charge in [0.25, 0.3) is 11.8 Å². The second-order valence-corrected chi connectivity index (χ2v) is 7.53. The van der Waals surface area contributed by atoms with Gasteiger partial charge in [0.05, 0.1) is 32.3 Å². The highest BCUT2D eigenvalue weighted by Crippen LogP contribution is 2.46. The lowest BCUT2D eigenvalue weighted by atomic mass is 9.93. The smallest absolute Gasteiger partial charge is 0.273 e. The number of methoxy groups -OCH3 is 1. The van der Waals surface area contributed by atoms with E-state index in [1.807, 2.05) is 0 Å². The molecule has 2 aromatic rings. The maximum Gasteiger partial charge on any atom is 0.273 e. The van der Waals surface area contributed by atoms with E-state index in [9.17, 15) is 9.59 Å². The molecule has 2 saturated heterocycles. The van der Waals surface area contributed by atoms with Crippen molar-refractivity contribution in [3.8, 4) is 5.75 Å². The lowest BCUT2D eigenvalue weighted by molar-refractivity contribution is -0.139. The topological polar surface area (TPSA) is 62.7 Å². The molecule has 2 fully saturated rings. The van der Waals surface area contributed by atoms with Gasteiger partial charge >= 0.3 is 0 Å². The Labute approximate surface area is 158 Å². The zero-order chi connectivity index (χ0) is 19.2. The van der Waals surface area contributed by atoms with Gasteiger partial charge in [0.15, 0.2) is 5.67 Å². The molecule has 0 aliphatic carbocycles. The van der Waals surface area contributed by atoms with Crippen LogP contribution in [0.15, 0.2) is 35.2 Å². The van der Waals surface area contributed by atoms with Crippen molar-refractivity contribution >= 4 is 23.2 Å². The van der Waals surface area contributed by atoms with Gasteiger partial charge in [-0.15, -0.1) is 11.3 Å². The first-order valence-corrected chi connectivity index (χ1v) is 9.28. The lowest BCUT2D eigenvalue weighted by Crippen LogP contribution is -2.47. The third-order valence-corrected chi connectivity index (χ3v) is 5.66. The van der Waals surface area contributed by atoms with Crippen molar-refractivity contribution in [3.63, 3.8) is 0 Å². The van der Waals surface area contributed by atoms with Crippen LogP contribution in [0.2, 0.25) is 0 Å². The molecule has 1 aromatic carbocycles. The third kappa shape index (κ3) is 2.77. The Morgan fingerprint density at radius 3 is 2.81 bits per heavy atom. The number of carbonyl (C=O) groups is 2. The van der Waals surface area contributed by atoms with Crippen molar-refractivity contribution in [1.29, 1.82) is 0 Å². The summed E-state index contributed by atoms with van der Waals surface area (Å²) in [5.41, 5.74) is -2.86. The number of halogens is 2. The number of fused-ring (bicyclic) bond motifs is 1. The lowest BCUT2D eigenvalue weighted by Gasteiger charge is -2.22. The summed E-state index contributed by atoms with van der Waals surface area (Å²) in [6.07, 6.45) is 0. The number of benzene rings is 1. The van der Waals surface area contributed by atoms with Gasteiger partial charge in [-0.25, -0.2) is 13.8 Å². The molecule has 2 aliphatic rings. The quantitative estimate of drug-likeness (QED) is 0.798. The van der Waals surface area contributed by atoms with E-state index in [-0.39, 0.29) is 12.2 Å². The van der Waals surface area contributed by atoms with Gasteiger partial charge in [0, 0.05) is 11.9 Å². The Hall–Kier alpha value is -2.55. The first-order chi connectivity index (χ1) is 12.9. The third-order valence-electron chi connectivity index (χ3n) is 5.07. The molecule has 0 spiro atoms. The van der Waals surface area contributed by atoms with Gasteiger partial charge in [-0.1, -0.05) is 12.1 Å². The minimum Gasteiger partial charge on any atom is -0.497 e. The van der Waals surface area contributed by atoms with Crippen molar-refractivity contribution in [2.45, 2.75) is 17.9 Å². The van der Waals surface area contributed by atoms with Crippen LogP contribution in [0.5, 0.6) is 5.75 Å². The maximum absolute atomic E-state index is 15.4. The van der Waals surface area contributed by atoms with Crippen molar-refractivity contribution in [2.75, 3.05) is 26.7 Å². The summed E-state index contributed by atoms with van der Waals surface area (Å²) in [5.74, 6) is -0.891. The molecule has 6 nitrogen and oxygen atoms in total. The summed E-state index contributed by atoms with van der Waals surface area (Å²) in [4.78, 5) is 31.1. The Bertz CT molecular complexity index is 894. The second-order valence-electron chi connectivity index (χ2n) is 6.81. The maximum atomic E-state index is 15.4. The molecule has 142 valence electrons. The standard InChI is InChI=1S/C18H17F2N3O3S/c1-26-13-4-2-3-12(5-13)6-22-8-17(19)9-23(10-18(17,20)16(22)25)15(24)14-7-27-11-21-14/h2-5,7,11H,6,8-10H2,1H3/t17-,18-/m1/s1. The summed E-state index contributed by atoms with van der Waals surface area (Å²) >= 11 is 1.22. The van der Waals surface area contributed by atoms with Crippen LogP contribution >= 0.6 is 11.3 Å². The number of hydrogen-bond acceptors (Lipinski definition) is 5. The highest BCUT2D eigenvalue weighted by Gasteiger charge is 2.71. The number of alkyl halides is 2. The molecule has 0 saturated carbocycles. The van der Waals surface area contributed by atoms with Crippen LogP contribution in [0.3, 0.4) is 0 Å². The van der Waals surface area contributed by atoms with Gasteiger partial charge in [0.2, 0.25) is 5.67 Å². The summed E-state index contributed by atoms with van der Waals surface area (Å²) in [6.45, 7) is -1.40. The molecule has 4 rings (SSSR count). The molecular weight excluding hydrogens is 376 g/mol. The van der Waals surface area contributed by atoms with Gasteiger partial charge in [0.1, 0.15) is 11.4 Å². The van der Waals surface area contributed by atoms with E-state index >= 15 is 8.78 Å². The van der Waals surface area contributed by atoms with Gasteiger partial charge in [-0.05, 0) is 17.7 Å². The van der Waals surface area contributed by atoms with Crippen molar-refractivity contribution in [1.82, 2.24) is 14.8 Å². The van der Waals surface area contributed by atoms with E-state index in [1.165, 1.54) is 34.2 Å². The number of thiazole rings is 1. The average Bonchev–Trinajstić information content (AvgIpc) is 3.31. The first-order valence-electron chi connectivity index (χ1n) is 8.34. The SMILES string of the molecule is COc1cccc(CN2C[C@@]3(F)CN(C(=O)c4cscn4)C[C@@]3(F)C2=O)c1. The minimum absolute atomic E-state index is 0.0768. The number of ether oxygens (including phenoxy) is 1. The van der Waals surface area contributed by atoms with Crippen molar-refractivity contribution in [2.24, 2.45) is 0 Å². The predicted molar refractivity (Wildman–Crippen MR) is 94.1 cm³/mol. The van der Waals surface area contributed by atoms with Gasteiger partial charge in [-0.3, -0.25) is 9.59 Å². The number of hydrogen-bond donors (Lipinski definition) is 0. The van der Waals surface area contributed by atoms with Gasteiger partial charge < -0.3 is 14.5 Å². The molecule has 0 N–H and O–H groups in total. The first kappa shape index (κ1) is 17.8. The normalized spacial score (nSPS) is 27.1. The fourth-order valence-corrected chi connectivity index (χ4v) is 4.22. The predicted octanol–water partition coefficient (Wildman–Crippen LogP) is 2.07. The van der Waals surface area contributed by atoms with Crippen LogP contribution in [-0.4, -0.2) is 64.7 Å². The Balaban J connectivity index is 1.53. The molecule has 1 aromatic heterocycles. The van der Waals surface area contributed by atoms with Crippen LogP contribution < -0.4 is 4.74 Å². The molecule has 2 amide bonds. The number of nitrogens with zero attached hydrogens (tertiary/aromatic N) is 3. The second kappa shape index (κ2) is 6.26. The molecule has 9 heteroatoms.